The average Bonchev–Trinajstić information content (AvgIpc) is 3.27. The predicted octanol–water partition coefficient (Wildman–Crippen LogP) is 1.62. The summed E-state index contributed by atoms with van der Waals surface area (Å²) in [5.74, 6) is 0.618. The summed E-state index contributed by atoms with van der Waals surface area (Å²) >= 11 is 0. The molecule has 1 spiro atoms. The van der Waals surface area contributed by atoms with E-state index in [-0.39, 0.29) is 15.9 Å². The molecule has 9 heteroatoms. The standard InChI is InChI=1S/C19H21N5O3S/c1-12-22-17-14(18(25)23-12)4-5-19(17)6-8-24(9-7-19)28(26,27)13-2-3-15-16(10-13)21-11-20-15/h2-3,10-11H,4-9H2,1H3,(H,20,21)(H,22,23,25). The van der Waals surface area contributed by atoms with Crippen molar-refractivity contribution in [3.8, 4) is 0 Å². The van der Waals surface area contributed by atoms with Gasteiger partial charge < -0.3 is 9.97 Å². The molecule has 3 aromatic rings. The number of nitrogens with one attached hydrogen (secondary N) is 2. The highest BCUT2D eigenvalue weighted by atomic mass is 32.2. The topological polar surface area (TPSA) is 112 Å². The third-order valence-corrected chi connectivity index (χ3v) is 8.09. The van der Waals surface area contributed by atoms with Crippen LogP contribution in [0.2, 0.25) is 0 Å². The molecule has 2 aliphatic rings. The minimum Gasteiger partial charge on any atom is -0.345 e. The van der Waals surface area contributed by atoms with Crippen LogP contribution in [-0.4, -0.2) is 45.7 Å². The van der Waals surface area contributed by atoms with Gasteiger partial charge in [-0.3, -0.25) is 4.79 Å². The number of imidazole rings is 1. The number of aromatic amines is 2. The second-order valence-electron chi connectivity index (χ2n) is 7.74. The summed E-state index contributed by atoms with van der Waals surface area (Å²) in [5, 5.41) is 0. The molecule has 0 radical (unpaired) electrons. The van der Waals surface area contributed by atoms with Gasteiger partial charge in [-0.2, -0.15) is 4.31 Å². The second kappa shape index (κ2) is 5.99. The molecule has 28 heavy (non-hydrogen) atoms. The van der Waals surface area contributed by atoms with Crippen molar-refractivity contribution < 1.29 is 8.42 Å². The zero-order valence-corrected chi connectivity index (χ0v) is 16.3. The quantitative estimate of drug-likeness (QED) is 0.680. The van der Waals surface area contributed by atoms with Crippen molar-refractivity contribution in [2.75, 3.05) is 13.1 Å². The zero-order chi connectivity index (χ0) is 19.5. The van der Waals surface area contributed by atoms with E-state index >= 15 is 0 Å². The number of hydrogen-bond donors (Lipinski definition) is 2. The fourth-order valence-electron chi connectivity index (χ4n) is 4.63. The Morgan fingerprint density at radius 3 is 2.75 bits per heavy atom. The van der Waals surface area contributed by atoms with E-state index in [4.69, 9.17) is 0 Å². The molecule has 1 saturated heterocycles. The minimum absolute atomic E-state index is 0.0534. The molecule has 8 nitrogen and oxygen atoms in total. The van der Waals surface area contributed by atoms with Crippen LogP contribution in [0.4, 0.5) is 0 Å². The van der Waals surface area contributed by atoms with Crippen molar-refractivity contribution in [1.82, 2.24) is 24.2 Å². The van der Waals surface area contributed by atoms with Crippen LogP contribution in [0.3, 0.4) is 0 Å². The summed E-state index contributed by atoms with van der Waals surface area (Å²) in [6, 6.07) is 4.96. The monoisotopic (exact) mass is 399 g/mol. The summed E-state index contributed by atoms with van der Waals surface area (Å²) in [5.41, 5.74) is 2.86. The molecular weight excluding hydrogens is 378 g/mol. The van der Waals surface area contributed by atoms with E-state index < -0.39 is 10.0 Å². The lowest BCUT2D eigenvalue weighted by Gasteiger charge is -2.38. The molecule has 1 aliphatic heterocycles. The van der Waals surface area contributed by atoms with E-state index in [1.54, 1.807) is 35.8 Å². The lowest BCUT2D eigenvalue weighted by molar-refractivity contribution is 0.227. The van der Waals surface area contributed by atoms with Crippen LogP contribution >= 0.6 is 0 Å². The Labute approximate surface area is 162 Å². The molecule has 5 rings (SSSR count). The largest absolute Gasteiger partial charge is 0.345 e. The lowest BCUT2D eigenvalue weighted by Crippen LogP contribution is -2.44. The Hall–Kier alpha value is -2.52. The van der Waals surface area contributed by atoms with Gasteiger partial charge in [-0.15, -0.1) is 0 Å². The maximum absolute atomic E-state index is 13.1. The maximum atomic E-state index is 13.1. The number of benzene rings is 1. The number of fused-ring (bicyclic) bond motifs is 3. The first-order valence-electron chi connectivity index (χ1n) is 9.43. The summed E-state index contributed by atoms with van der Waals surface area (Å²) in [6.07, 6.45) is 4.49. The average molecular weight is 399 g/mol. The van der Waals surface area contributed by atoms with Gasteiger partial charge in [0.2, 0.25) is 10.0 Å². The molecule has 0 bridgehead atoms. The van der Waals surface area contributed by atoms with E-state index in [9.17, 15) is 13.2 Å². The Morgan fingerprint density at radius 2 is 1.96 bits per heavy atom. The highest BCUT2D eigenvalue weighted by Crippen LogP contribution is 2.45. The maximum Gasteiger partial charge on any atom is 0.254 e. The highest BCUT2D eigenvalue weighted by Gasteiger charge is 2.45. The van der Waals surface area contributed by atoms with Crippen molar-refractivity contribution in [2.24, 2.45) is 0 Å². The van der Waals surface area contributed by atoms with Crippen LogP contribution in [0.25, 0.3) is 11.0 Å². The summed E-state index contributed by atoms with van der Waals surface area (Å²) in [6.45, 7) is 2.64. The molecule has 3 heterocycles. The molecule has 0 unspecified atom stereocenters. The van der Waals surface area contributed by atoms with Gasteiger partial charge in [0, 0.05) is 24.1 Å². The SMILES string of the molecule is Cc1nc2c(c(=O)[nH]1)CCC21CCN(S(=O)(=O)c2ccc3nc[nH]c3c2)CC1. The second-order valence-corrected chi connectivity index (χ2v) is 9.68. The van der Waals surface area contributed by atoms with Gasteiger partial charge in [0.25, 0.3) is 5.56 Å². The van der Waals surface area contributed by atoms with Gasteiger partial charge in [0.15, 0.2) is 0 Å². The Bertz CT molecular complexity index is 1240. The van der Waals surface area contributed by atoms with E-state index in [1.165, 1.54) is 0 Å². The van der Waals surface area contributed by atoms with Gasteiger partial charge in [0.05, 0.1) is 28.0 Å². The Morgan fingerprint density at radius 1 is 1.18 bits per heavy atom. The number of H-pyrrole nitrogens is 2. The lowest BCUT2D eigenvalue weighted by atomic mass is 9.76. The molecule has 0 saturated carbocycles. The molecule has 0 atom stereocenters. The van der Waals surface area contributed by atoms with Crippen molar-refractivity contribution in [3.05, 3.63) is 52.0 Å². The number of nitrogens with zero attached hydrogens (tertiary/aromatic N) is 3. The van der Waals surface area contributed by atoms with Crippen LogP contribution < -0.4 is 5.56 Å². The first kappa shape index (κ1) is 17.6. The number of hydrogen-bond acceptors (Lipinski definition) is 5. The predicted molar refractivity (Wildman–Crippen MR) is 104 cm³/mol. The van der Waals surface area contributed by atoms with Crippen molar-refractivity contribution in [1.29, 1.82) is 0 Å². The van der Waals surface area contributed by atoms with Gasteiger partial charge in [0.1, 0.15) is 5.82 Å². The normalized spacial score (nSPS) is 19.3. The van der Waals surface area contributed by atoms with E-state index in [0.29, 0.717) is 43.7 Å². The molecule has 146 valence electrons. The minimum atomic E-state index is -3.57. The van der Waals surface area contributed by atoms with E-state index in [2.05, 4.69) is 19.9 Å². The van der Waals surface area contributed by atoms with Crippen molar-refractivity contribution in [3.63, 3.8) is 0 Å². The van der Waals surface area contributed by atoms with Crippen LogP contribution in [0.5, 0.6) is 0 Å². The van der Waals surface area contributed by atoms with Crippen LogP contribution in [0, 0.1) is 6.92 Å². The van der Waals surface area contributed by atoms with Crippen LogP contribution in [-0.2, 0) is 21.9 Å². The molecule has 2 aromatic heterocycles. The smallest absolute Gasteiger partial charge is 0.254 e. The fraction of sp³-hybridized carbons (Fsp3) is 0.421. The summed E-state index contributed by atoms with van der Waals surface area (Å²) < 4.78 is 27.8. The first-order chi connectivity index (χ1) is 13.4. The molecule has 1 aliphatic carbocycles. The molecule has 1 aromatic carbocycles. The number of rotatable bonds is 2. The molecule has 0 amide bonds. The number of aromatic nitrogens is 4. The first-order valence-corrected chi connectivity index (χ1v) is 10.9. The van der Waals surface area contributed by atoms with Gasteiger partial charge in [-0.1, -0.05) is 0 Å². The third kappa shape index (κ3) is 2.53. The third-order valence-electron chi connectivity index (χ3n) is 6.20. The number of sulfonamides is 1. The summed E-state index contributed by atoms with van der Waals surface area (Å²) in [7, 11) is -3.57. The van der Waals surface area contributed by atoms with Crippen molar-refractivity contribution in [2.45, 2.75) is 42.9 Å². The van der Waals surface area contributed by atoms with Gasteiger partial charge in [-0.05, 0) is 50.8 Å². The van der Waals surface area contributed by atoms with Crippen molar-refractivity contribution >= 4 is 21.1 Å². The van der Waals surface area contributed by atoms with Gasteiger partial charge in [-0.25, -0.2) is 18.4 Å². The Kier molecular flexibility index (Phi) is 3.76. The highest BCUT2D eigenvalue weighted by molar-refractivity contribution is 7.89. The number of aryl methyl sites for hydroxylation is 1. The van der Waals surface area contributed by atoms with Gasteiger partial charge >= 0.3 is 0 Å². The van der Waals surface area contributed by atoms with Crippen LogP contribution in [0.15, 0.2) is 34.2 Å². The molecular formula is C19H21N5O3S. The fourth-order valence-corrected chi connectivity index (χ4v) is 6.10. The number of piperidine rings is 1. The molecule has 2 N–H and O–H groups in total. The van der Waals surface area contributed by atoms with E-state index in [0.717, 1.165) is 23.2 Å². The zero-order valence-electron chi connectivity index (χ0n) is 15.5. The Balaban J connectivity index is 1.43. The molecule has 1 fully saturated rings. The van der Waals surface area contributed by atoms with Crippen LogP contribution in [0.1, 0.15) is 36.3 Å². The summed E-state index contributed by atoms with van der Waals surface area (Å²) in [4.78, 5) is 27.0. The van der Waals surface area contributed by atoms with E-state index in [1.807, 2.05) is 0 Å².